The van der Waals surface area contributed by atoms with E-state index in [1.54, 1.807) is 11.3 Å². The Kier molecular flexibility index (Phi) is 3.69. The first-order valence-electron chi connectivity index (χ1n) is 4.73. The number of rotatable bonds is 3. The maximum Gasteiger partial charge on any atom is 0.137 e. The van der Waals surface area contributed by atoms with Gasteiger partial charge < -0.3 is 9.88 Å². The van der Waals surface area contributed by atoms with Gasteiger partial charge in [-0.25, -0.2) is 4.98 Å². The third-order valence-electron chi connectivity index (χ3n) is 2.25. The van der Waals surface area contributed by atoms with Crippen molar-refractivity contribution in [2.45, 2.75) is 6.54 Å². The van der Waals surface area contributed by atoms with Gasteiger partial charge in [0.1, 0.15) is 16.7 Å². The van der Waals surface area contributed by atoms with E-state index in [0.717, 1.165) is 20.9 Å². The number of halogens is 2. The summed E-state index contributed by atoms with van der Waals surface area (Å²) >= 11 is 11.3. The third-order valence-corrected chi connectivity index (χ3v) is 4.38. The van der Waals surface area contributed by atoms with Crippen LogP contribution in [0.15, 0.2) is 15.9 Å². The van der Waals surface area contributed by atoms with Crippen LogP contribution >= 0.6 is 38.9 Å². The minimum Gasteiger partial charge on any atom is -0.321 e. The molecular formula is C10H11BrClN3S. The van der Waals surface area contributed by atoms with E-state index in [-0.39, 0.29) is 0 Å². The molecule has 2 rings (SSSR count). The second kappa shape index (κ2) is 4.87. The molecule has 0 amide bonds. The molecule has 0 aromatic carbocycles. The van der Waals surface area contributed by atoms with Crippen molar-refractivity contribution in [1.82, 2.24) is 14.9 Å². The fourth-order valence-corrected chi connectivity index (χ4v) is 3.15. The summed E-state index contributed by atoms with van der Waals surface area (Å²) in [4.78, 5) is 5.62. The van der Waals surface area contributed by atoms with Crippen LogP contribution in [0.3, 0.4) is 0 Å². The fourth-order valence-electron chi connectivity index (χ4n) is 1.43. The summed E-state index contributed by atoms with van der Waals surface area (Å²) in [5.41, 5.74) is 0.852. The minimum atomic E-state index is 0.680. The van der Waals surface area contributed by atoms with Gasteiger partial charge in [0.25, 0.3) is 0 Å². The molecule has 6 heteroatoms. The zero-order chi connectivity index (χ0) is 11.7. The lowest BCUT2D eigenvalue weighted by molar-refractivity contribution is 0.710. The van der Waals surface area contributed by atoms with Crippen molar-refractivity contribution in [1.29, 1.82) is 0 Å². The molecule has 0 saturated heterocycles. The Balaban J connectivity index is 2.45. The molecule has 0 fully saturated rings. The molecule has 86 valence electrons. The molecule has 0 radical (unpaired) electrons. The topological polar surface area (TPSA) is 29.9 Å². The Hall–Kier alpha value is -0.360. The van der Waals surface area contributed by atoms with Gasteiger partial charge in [-0.2, -0.15) is 0 Å². The largest absolute Gasteiger partial charge is 0.321 e. The third kappa shape index (κ3) is 2.18. The number of aromatic nitrogens is 2. The summed E-state index contributed by atoms with van der Waals surface area (Å²) in [5.74, 6) is 0.937. The van der Waals surface area contributed by atoms with Crippen molar-refractivity contribution >= 4 is 38.9 Å². The van der Waals surface area contributed by atoms with Gasteiger partial charge >= 0.3 is 0 Å². The predicted molar refractivity (Wildman–Crippen MR) is 72.0 cm³/mol. The van der Waals surface area contributed by atoms with Gasteiger partial charge in [0.15, 0.2) is 0 Å². The molecule has 0 atom stereocenters. The first-order chi connectivity index (χ1) is 7.63. The maximum absolute atomic E-state index is 6.26. The molecule has 0 spiro atoms. The van der Waals surface area contributed by atoms with Gasteiger partial charge in [-0.3, -0.25) is 0 Å². The summed E-state index contributed by atoms with van der Waals surface area (Å²) in [5, 5.41) is 5.78. The molecule has 0 aliphatic carbocycles. The Morgan fingerprint density at radius 1 is 1.62 bits per heavy atom. The molecular weight excluding hydrogens is 310 g/mol. The Labute approximate surface area is 112 Å². The van der Waals surface area contributed by atoms with Crippen molar-refractivity contribution in [3.05, 3.63) is 26.9 Å². The van der Waals surface area contributed by atoms with Crippen LogP contribution in [-0.4, -0.2) is 16.6 Å². The molecule has 0 aliphatic heterocycles. The molecule has 3 nitrogen and oxygen atoms in total. The maximum atomic E-state index is 6.26. The number of thiophene rings is 1. The van der Waals surface area contributed by atoms with E-state index in [4.69, 9.17) is 11.6 Å². The van der Waals surface area contributed by atoms with E-state index in [1.165, 1.54) is 0 Å². The SMILES string of the molecule is CNCc1nc(-c2cc(Br)cs2)c(Cl)n1C. The molecule has 0 aliphatic rings. The molecule has 0 unspecified atom stereocenters. The van der Waals surface area contributed by atoms with Crippen molar-refractivity contribution in [2.24, 2.45) is 7.05 Å². The van der Waals surface area contributed by atoms with Gasteiger partial charge in [-0.15, -0.1) is 11.3 Å². The van der Waals surface area contributed by atoms with E-state index in [0.29, 0.717) is 11.7 Å². The van der Waals surface area contributed by atoms with E-state index >= 15 is 0 Å². The van der Waals surface area contributed by atoms with Gasteiger partial charge in [0.2, 0.25) is 0 Å². The highest BCUT2D eigenvalue weighted by Crippen LogP contribution is 2.34. The molecule has 2 aromatic heterocycles. The van der Waals surface area contributed by atoms with Gasteiger partial charge in [0, 0.05) is 16.9 Å². The fraction of sp³-hybridized carbons (Fsp3) is 0.300. The van der Waals surface area contributed by atoms with Crippen LogP contribution in [0.4, 0.5) is 0 Å². The van der Waals surface area contributed by atoms with E-state index < -0.39 is 0 Å². The molecule has 0 saturated carbocycles. The van der Waals surface area contributed by atoms with Crippen LogP contribution in [-0.2, 0) is 13.6 Å². The summed E-state index contributed by atoms with van der Waals surface area (Å²) in [6.07, 6.45) is 0. The Bertz CT molecular complexity index is 506. The highest BCUT2D eigenvalue weighted by Gasteiger charge is 2.15. The van der Waals surface area contributed by atoms with Crippen LogP contribution in [0, 0.1) is 0 Å². The number of nitrogens with zero attached hydrogens (tertiary/aromatic N) is 2. The lowest BCUT2D eigenvalue weighted by Gasteiger charge is -1.99. The van der Waals surface area contributed by atoms with Crippen molar-refractivity contribution in [2.75, 3.05) is 7.05 Å². The monoisotopic (exact) mass is 319 g/mol. The lowest BCUT2D eigenvalue weighted by atomic mass is 10.4. The van der Waals surface area contributed by atoms with Crippen molar-refractivity contribution in [3.8, 4) is 10.6 Å². The van der Waals surface area contributed by atoms with Crippen molar-refractivity contribution in [3.63, 3.8) is 0 Å². The first-order valence-corrected chi connectivity index (χ1v) is 6.78. The minimum absolute atomic E-state index is 0.680. The van der Waals surface area contributed by atoms with Crippen LogP contribution in [0.1, 0.15) is 5.82 Å². The number of hydrogen-bond acceptors (Lipinski definition) is 3. The average molecular weight is 321 g/mol. The zero-order valence-electron chi connectivity index (χ0n) is 8.92. The second-order valence-corrected chi connectivity index (χ2v) is 5.57. The zero-order valence-corrected chi connectivity index (χ0v) is 12.1. The number of nitrogens with one attached hydrogen (secondary N) is 1. The average Bonchev–Trinajstić information content (AvgIpc) is 2.78. The summed E-state index contributed by atoms with van der Waals surface area (Å²) < 4.78 is 2.96. The molecule has 16 heavy (non-hydrogen) atoms. The Morgan fingerprint density at radius 3 is 2.94 bits per heavy atom. The number of hydrogen-bond donors (Lipinski definition) is 1. The quantitative estimate of drug-likeness (QED) is 0.940. The Morgan fingerprint density at radius 2 is 2.38 bits per heavy atom. The smallest absolute Gasteiger partial charge is 0.137 e. The van der Waals surface area contributed by atoms with Crippen LogP contribution in [0.25, 0.3) is 10.6 Å². The van der Waals surface area contributed by atoms with Crippen LogP contribution in [0.2, 0.25) is 5.15 Å². The summed E-state index contributed by atoms with van der Waals surface area (Å²) in [6, 6.07) is 2.03. The van der Waals surface area contributed by atoms with Crippen LogP contribution < -0.4 is 5.32 Å². The van der Waals surface area contributed by atoms with Gasteiger partial charge in [-0.05, 0) is 29.0 Å². The standard InChI is InChI=1S/C10H11BrClN3S/c1-13-4-8-14-9(10(12)15(8)2)7-3-6(11)5-16-7/h3,5,13H,4H2,1-2H3. The van der Waals surface area contributed by atoms with E-state index in [2.05, 4.69) is 26.2 Å². The lowest BCUT2D eigenvalue weighted by Crippen LogP contribution is -2.10. The highest BCUT2D eigenvalue weighted by molar-refractivity contribution is 9.10. The molecule has 0 bridgehead atoms. The summed E-state index contributed by atoms with van der Waals surface area (Å²) in [7, 11) is 3.82. The van der Waals surface area contributed by atoms with Gasteiger partial charge in [-0.1, -0.05) is 11.6 Å². The van der Waals surface area contributed by atoms with E-state index in [1.807, 2.05) is 30.1 Å². The molecule has 1 N–H and O–H groups in total. The second-order valence-electron chi connectivity index (χ2n) is 3.39. The van der Waals surface area contributed by atoms with Crippen LogP contribution in [0.5, 0.6) is 0 Å². The predicted octanol–water partition coefficient (Wildman–Crippen LogP) is 3.28. The van der Waals surface area contributed by atoms with Gasteiger partial charge in [0.05, 0.1) is 11.4 Å². The highest BCUT2D eigenvalue weighted by atomic mass is 79.9. The molecule has 2 aromatic rings. The number of imidazole rings is 1. The first kappa shape index (κ1) is 12.1. The van der Waals surface area contributed by atoms with E-state index in [9.17, 15) is 0 Å². The summed E-state index contributed by atoms with van der Waals surface area (Å²) in [6.45, 7) is 0.711. The normalized spacial score (nSPS) is 11.0. The molecule has 2 heterocycles. The van der Waals surface area contributed by atoms with Crippen molar-refractivity contribution < 1.29 is 0 Å².